The third kappa shape index (κ3) is 4.93. The Morgan fingerprint density at radius 1 is 1.09 bits per heavy atom. The summed E-state index contributed by atoms with van der Waals surface area (Å²) in [4.78, 5) is 19.6. The Morgan fingerprint density at radius 3 is 2.53 bits per heavy atom. The Bertz CT molecular complexity index is 1300. The fourth-order valence-electron chi connectivity index (χ4n) is 3.77. The van der Waals surface area contributed by atoms with Crippen molar-refractivity contribution in [3.05, 3.63) is 87.7 Å². The Labute approximate surface area is 206 Å². The van der Waals surface area contributed by atoms with Gasteiger partial charge in [0, 0.05) is 11.9 Å². The number of hydrogen-bond donors (Lipinski definition) is 1. The van der Waals surface area contributed by atoms with E-state index in [-0.39, 0.29) is 24.8 Å². The lowest BCUT2D eigenvalue weighted by atomic mass is 10.1. The normalized spacial score (nSPS) is 11.9. The molecule has 1 unspecified atom stereocenters. The number of hydrogen-bond acceptors (Lipinski definition) is 6. The van der Waals surface area contributed by atoms with Crippen molar-refractivity contribution in [2.75, 3.05) is 20.8 Å². The molecule has 8 heteroatoms. The Morgan fingerprint density at radius 2 is 1.85 bits per heavy atom. The van der Waals surface area contributed by atoms with Crippen molar-refractivity contribution in [3.63, 3.8) is 0 Å². The summed E-state index contributed by atoms with van der Waals surface area (Å²) in [5.74, 6) is 1.15. The molecule has 4 rings (SSSR count). The van der Waals surface area contributed by atoms with Gasteiger partial charge in [-0.25, -0.2) is 4.98 Å². The molecule has 1 N–H and O–H groups in total. The van der Waals surface area contributed by atoms with Gasteiger partial charge in [-0.15, -0.1) is 0 Å². The van der Waals surface area contributed by atoms with Crippen molar-refractivity contribution < 1.29 is 23.8 Å². The average Bonchev–Trinajstić information content (AvgIpc) is 3.27. The van der Waals surface area contributed by atoms with Crippen LogP contribution in [0.15, 0.2) is 69.6 Å². The van der Waals surface area contributed by atoms with Crippen LogP contribution in [0.2, 0.25) is 0 Å². The largest absolute Gasteiger partial charge is 0.497 e. The standard InChI is InChI=1S/C26H25BrN2O5/c1-16-4-11-23-18(12-16)13-24(34-23)22(15-30)29(14-17-5-7-19(32-2)8-6-17)26(31)21-10-9-20(27)25(28-21)33-3/h4-13,22,30H,14-15H2,1-3H3. The van der Waals surface area contributed by atoms with Crippen LogP contribution in [0.1, 0.15) is 33.4 Å². The van der Waals surface area contributed by atoms with E-state index < -0.39 is 6.04 Å². The number of nitrogens with zero attached hydrogens (tertiary/aromatic N) is 2. The van der Waals surface area contributed by atoms with E-state index >= 15 is 0 Å². The van der Waals surface area contributed by atoms with E-state index in [2.05, 4.69) is 20.9 Å². The first-order valence-electron chi connectivity index (χ1n) is 10.7. The lowest BCUT2D eigenvalue weighted by Gasteiger charge is -2.29. The molecule has 0 aliphatic heterocycles. The second-order valence-corrected chi connectivity index (χ2v) is 8.71. The number of fused-ring (bicyclic) bond motifs is 1. The molecule has 1 amide bonds. The number of carbonyl (C=O) groups excluding carboxylic acids is 1. The maximum atomic E-state index is 13.7. The maximum Gasteiger partial charge on any atom is 0.273 e. The van der Waals surface area contributed by atoms with E-state index in [1.807, 2.05) is 55.5 Å². The SMILES string of the molecule is COc1ccc(CN(C(=O)c2ccc(Br)c(OC)n2)C(CO)c2cc3cc(C)ccc3o2)cc1. The number of ether oxygens (including phenoxy) is 2. The van der Waals surface area contributed by atoms with Crippen LogP contribution in [0.4, 0.5) is 0 Å². The average molecular weight is 525 g/mol. The molecule has 2 heterocycles. The first kappa shape index (κ1) is 23.8. The molecule has 0 radical (unpaired) electrons. The van der Waals surface area contributed by atoms with E-state index in [0.29, 0.717) is 27.4 Å². The van der Waals surface area contributed by atoms with Gasteiger partial charge in [0.25, 0.3) is 5.91 Å². The van der Waals surface area contributed by atoms with Crippen LogP contribution in [0.25, 0.3) is 11.0 Å². The lowest BCUT2D eigenvalue weighted by Crippen LogP contribution is -2.36. The van der Waals surface area contributed by atoms with Gasteiger partial charge in [0.15, 0.2) is 0 Å². The molecule has 0 aliphatic rings. The number of furan rings is 1. The van der Waals surface area contributed by atoms with Crippen LogP contribution in [-0.2, 0) is 6.54 Å². The fourth-order valence-corrected chi connectivity index (χ4v) is 4.16. The van der Waals surface area contributed by atoms with Gasteiger partial charge in [-0.2, -0.15) is 0 Å². The Kier molecular flexibility index (Phi) is 7.19. The van der Waals surface area contributed by atoms with Crippen LogP contribution >= 0.6 is 15.9 Å². The quantitative estimate of drug-likeness (QED) is 0.337. The highest BCUT2D eigenvalue weighted by Gasteiger charge is 2.30. The van der Waals surface area contributed by atoms with Gasteiger partial charge < -0.3 is 23.9 Å². The predicted octanol–water partition coefficient (Wildman–Crippen LogP) is 5.29. The van der Waals surface area contributed by atoms with Gasteiger partial charge in [-0.3, -0.25) is 4.79 Å². The zero-order valence-electron chi connectivity index (χ0n) is 19.1. The van der Waals surface area contributed by atoms with E-state index in [4.69, 9.17) is 13.9 Å². The second-order valence-electron chi connectivity index (χ2n) is 7.86. The zero-order chi connectivity index (χ0) is 24.2. The monoisotopic (exact) mass is 524 g/mol. The van der Waals surface area contributed by atoms with Crippen molar-refractivity contribution in [3.8, 4) is 11.6 Å². The Hall–Kier alpha value is -3.36. The second kappa shape index (κ2) is 10.3. The molecule has 0 spiro atoms. The molecular weight excluding hydrogens is 500 g/mol. The highest BCUT2D eigenvalue weighted by Crippen LogP contribution is 2.31. The third-order valence-corrected chi connectivity index (χ3v) is 6.17. The zero-order valence-corrected chi connectivity index (χ0v) is 20.7. The molecule has 34 heavy (non-hydrogen) atoms. The number of halogens is 1. The number of rotatable bonds is 8. The van der Waals surface area contributed by atoms with Crippen molar-refractivity contribution in [2.45, 2.75) is 19.5 Å². The van der Waals surface area contributed by atoms with Gasteiger partial charge in [-0.1, -0.05) is 23.8 Å². The number of pyridine rings is 1. The fraction of sp³-hybridized carbons (Fsp3) is 0.231. The van der Waals surface area contributed by atoms with Crippen LogP contribution in [0.5, 0.6) is 11.6 Å². The van der Waals surface area contributed by atoms with Crippen molar-refractivity contribution in [1.82, 2.24) is 9.88 Å². The number of methoxy groups -OCH3 is 2. The minimum absolute atomic E-state index is 0.193. The van der Waals surface area contributed by atoms with Gasteiger partial charge in [-0.05, 0) is 70.9 Å². The predicted molar refractivity (Wildman–Crippen MR) is 132 cm³/mol. The van der Waals surface area contributed by atoms with Crippen LogP contribution in [0.3, 0.4) is 0 Å². The van der Waals surface area contributed by atoms with Gasteiger partial charge in [0.1, 0.15) is 28.8 Å². The number of aliphatic hydroxyl groups is 1. The number of amides is 1. The summed E-state index contributed by atoms with van der Waals surface area (Å²) in [6.07, 6.45) is 0. The highest BCUT2D eigenvalue weighted by molar-refractivity contribution is 9.10. The summed E-state index contributed by atoms with van der Waals surface area (Å²) in [7, 11) is 3.09. The Balaban J connectivity index is 1.76. The van der Waals surface area contributed by atoms with Gasteiger partial charge in [0.05, 0.1) is 25.3 Å². The van der Waals surface area contributed by atoms with E-state index in [0.717, 1.165) is 16.5 Å². The van der Waals surface area contributed by atoms with Crippen LogP contribution < -0.4 is 9.47 Å². The maximum absolute atomic E-state index is 13.7. The highest BCUT2D eigenvalue weighted by atomic mass is 79.9. The summed E-state index contributed by atoms with van der Waals surface area (Å²) in [5, 5.41) is 11.3. The molecule has 4 aromatic rings. The van der Waals surface area contributed by atoms with E-state index in [1.54, 1.807) is 24.1 Å². The molecule has 0 saturated carbocycles. The summed E-state index contributed by atoms with van der Waals surface area (Å²) < 4.78 is 17.2. The number of aromatic nitrogens is 1. The molecule has 2 aromatic heterocycles. The lowest BCUT2D eigenvalue weighted by molar-refractivity contribution is 0.0525. The van der Waals surface area contributed by atoms with Crippen molar-refractivity contribution in [2.24, 2.45) is 0 Å². The van der Waals surface area contributed by atoms with E-state index in [1.165, 1.54) is 7.11 Å². The molecule has 0 aliphatic carbocycles. The molecule has 2 aromatic carbocycles. The van der Waals surface area contributed by atoms with Crippen LogP contribution in [-0.4, -0.2) is 41.7 Å². The molecule has 7 nitrogen and oxygen atoms in total. The number of aliphatic hydroxyl groups excluding tert-OH is 1. The topological polar surface area (TPSA) is 85.0 Å². The molecular formula is C26H25BrN2O5. The molecule has 1 atom stereocenters. The number of benzene rings is 2. The first-order valence-corrected chi connectivity index (χ1v) is 11.5. The molecule has 0 fully saturated rings. The van der Waals surface area contributed by atoms with Gasteiger partial charge in [0.2, 0.25) is 5.88 Å². The van der Waals surface area contributed by atoms with Crippen LogP contribution in [0, 0.1) is 6.92 Å². The number of carbonyl (C=O) groups is 1. The minimum atomic E-state index is -0.723. The summed E-state index contributed by atoms with van der Waals surface area (Å²) in [6.45, 7) is 1.90. The summed E-state index contributed by atoms with van der Waals surface area (Å²) in [6, 6.07) is 17.7. The van der Waals surface area contributed by atoms with Crippen molar-refractivity contribution >= 4 is 32.8 Å². The van der Waals surface area contributed by atoms with E-state index in [9.17, 15) is 9.90 Å². The molecule has 0 bridgehead atoms. The summed E-state index contributed by atoms with van der Waals surface area (Å²) in [5.41, 5.74) is 2.85. The summed E-state index contributed by atoms with van der Waals surface area (Å²) >= 11 is 3.37. The van der Waals surface area contributed by atoms with Gasteiger partial charge >= 0.3 is 0 Å². The minimum Gasteiger partial charge on any atom is -0.497 e. The number of aryl methyl sites for hydroxylation is 1. The molecule has 176 valence electrons. The third-order valence-electron chi connectivity index (χ3n) is 5.57. The first-order chi connectivity index (χ1) is 16.4. The van der Waals surface area contributed by atoms with Crippen molar-refractivity contribution in [1.29, 1.82) is 0 Å². The smallest absolute Gasteiger partial charge is 0.273 e. The molecule has 0 saturated heterocycles.